The molecule has 0 saturated heterocycles. The zero-order chi connectivity index (χ0) is 13.9. The number of aromatic nitrogens is 2. The Morgan fingerprint density at radius 2 is 1.79 bits per heavy atom. The van der Waals surface area contributed by atoms with Crippen molar-refractivity contribution in [3.63, 3.8) is 0 Å². The lowest BCUT2D eigenvalue weighted by molar-refractivity contribution is -0.137. The highest BCUT2D eigenvalue weighted by Crippen LogP contribution is 2.30. The van der Waals surface area contributed by atoms with Gasteiger partial charge in [0, 0.05) is 6.20 Å². The summed E-state index contributed by atoms with van der Waals surface area (Å²) in [5.74, 6) is 0. The van der Waals surface area contributed by atoms with E-state index in [2.05, 4.69) is 15.3 Å². The Balaban J connectivity index is 2.30. The Kier molecular flexibility index (Phi) is 3.80. The Morgan fingerprint density at radius 3 is 2.26 bits per heavy atom. The average Bonchev–Trinajstić information content (AvgIpc) is 2.40. The topological polar surface area (TPSA) is 37.8 Å². The fraction of sp³-hybridized carbons (Fsp3) is 0.231. The molecule has 1 N–H and O–H groups in total. The lowest BCUT2D eigenvalue weighted by Gasteiger charge is -2.16. The van der Waals surface area contributed by atoms with E-state index < -0.39 is 11.7 Å². The molecule has 1 aromatic heterocycles. The largest absolute Gasteiger partial charge is 0.416 e. The molecule has 2 aromatic rings. The Labute approximate surface area is 108 Å². The first-order valence-corrected chi connectivity index (χ1v) is 5.62. The van der Waals surface area contributed by atoms with Crippen LogP contribution in [0.2, 0.25) is 0 Å². The maximum atomic E-state index is 12.5. The van der Waals surface area contributed by atoms with Crippen molar-refractivity contribution in [2.75, 3.05) is 7.05 Å². The SMILES string of the molecule is CNC(c1ccc(C(F)(F)F)cc1)c1ccncn1. The van der Waals surface area contributed by atoms with Gasteiger partial charge in [-0.2, -0.15) is 13.2 Å². The summed E-state index contributed by atoms with van der Waals surface area (Å²) in [4.78, 5) is 7.92. The average molecular weight is 267 g/mol. The zero-order valence-electron chi connectivity index (χ0n) is 10.1. The van der Waals surface area contributed by atoms with Crippen LogP contribution >= 0.6 is 0 Å². The first kappa shape index (κ1) is 13.5. The van der Waals surface area contributed by atoms with E-state index in [1.54, 1.807) is 19.3 Å². The highest BCUT2D eigenvalue weighted by atomic mass is 19.4. The molecule has 0 saturated carbocycles. The molecule has 2 rings (SSSR count). The molecule has 0 fully saturated rings. The molecule has 0 aliphatic carbocycles. The van der Waals surface area contributed by atoms with Crippen molar-refractivity contribution in [3.8, 4) is 0 Å². The molecule has 1 unspecified atom stereocenters. The molecule has 0 amide bonds. The molecule has 0 aliphatic heterocycles. The van der Waals surface area contributed by atoms with Crippen LogP contribution in [0.25, 0.3) is 0 Å². The van der Waals surface area contributed by atoms with Crippen molar-refractivity contribution in [3.05, 3.63) is 59.7 Å². The summed E-state index contributed by atoms with van der Waals surface area (Å²) in [6, 6.07) is 6.50. The van der Waals surface area contributed by atoms with Crippen molar-refractivity contribution in [1.29, 1.82) is 0 Å². The second kappa shape index (κ2) is 5.36. The van der Waals surface area contributed by atoms with Gasteiger partial charge in [0.15, 0.2) is 0 Å². The van der Waals surface area contributed by atoms with Gasteiger partial charge in [-0.1, -0.05) is 12.1 Å². The Bertz CT molecular complexity index is 523. The van der Waals surface area contributed by atoms with Crippen molar-refractivity contribution in [1.82, 2.24) is 15.3 Å². The van der Waals surface area contributed by atoms with E-state index in [0.29, 0.717) is 11.3 Å². The number of nitrogens with zero attached hydrogens (tertiary/aromatic N) is 2. The molecular weight excluding hydrogens is 255 g/mol. The Hall–Kier alpha value is -1.95. The smallest absolute Gasteiger partial charge is 0.308 e. The first-order valence-electron chi connectivity index (χ1n) is 5.62. The molecule has 0 aliphatic rings. The maximum absolute atomic E-state index is 12.5. The lowest BCUT2D eigenvalue weighted by atomic mass is 10.0. The van der Waals surface area contributed by atoms with Crippen LogP contribution in [-0.4, -0.2) is 17.0 Å². The minimum atomic E-state index is -4.32. The van der Waals surface area contributed by atoms with Gasteiger partial charge in [-0.15, -0.1) is 0 Å². The first-order chi connectivity index (χ1) is 9.02. The summed E-state index contributed by atoms with van der Waals surface area (Å²) in [5, 5.41) is 3.02. The van der Waals surface area contributed by atoms with Crippen LogP contribution in [-0.2, 0) is 6.18 Å². The minimum Gasteiger partial charge on any atom is -0.308 e. The molecule has 1 atom stereocenters. The number of nitrogens with one attached hydrogen (secondary N) is 1. The van der Waals surface area contributed by atoms with Crippen molar-refractivity contribution in [2.45, 2.75) is 12.2 Å². The second-order valence-corrected chi connectivity index (χ2v) is 3.98. The predicted molar refractivity (Wildman–Crippen MR) is 64.4 cm³/mol. The molecule has 1 aromatic carbocycles. The highest BCUT2D eigenvalue weighted by molar-refractivity contribution is 5.31. The van der Waals surface area contributed by atoms with Gasteiger partial charge in [0.2, 0.25) is 0 Å². The molecule has 19 heavy (non-hydrogen) atoms. The second-order valence-electron chi connectivity index (χ2n) is 3.98. The number of hydrogen-bond donors (Lipinski definition) is 1. The molecular formula is C13H12F3N3. The van der Waals surface area contributed by atoms with Crippen LogP contribution in [0.15, 0.2) is 42.9 Å². The Morgan fingerprint density at radius 1 is 1.11 bits per heavy atom. The molecule has 6 heteroatoms. The normalized spacial score (nSPS) is 13.3. The third-order valence-electron chi connectivity index (χ3n) is 2.76. The van der Waals surface area contributed by atoms with Crippen molar-refractivity contribution >= 4 is 0 Å². The van der Waals surface area contributed by atoms with E-state index in [9.17, 15) is 13.2 Å². The fourth-order valence-electron chi connectivity index (χ4n) is 1.82. The van der Waals surface area contributed by atoms with E-state index in [4.69, 9.17) is 0 Å². The van der Waals surface area contributed by atoms with Gasteiger partial charge in [-0.3, -0.25) is 0 Å². The van der Waals surface area contributed by atoms with E-state index in [1.165, 1.54) is 18.5 Å². The summed E-state index contributed by atoms with van der Waals surface area (Å²) in [7, 11) is 1.73. The number of rotatable bonds is 3. The van der Waals surface area contributed by atoms with Gasteiger partial charge in [-0.05, 0) is 30.8 Å². The monoisotopic (exact) mass is 267 g/mol. The summed E-state index contributed by atoms with van der Waals surface area (Å²) in [6.45, 7) is 0. The molecule has 0 spiro atoms. The zero-order valence-corrected chi connectivity index (χ0v) is 10.1. The number of alkyl halides is 3. The van der Waals surface area contributed by atoms with Crippen LogP contribution in [0.4, 0.5) is 13.2 Å². The number of halogens is 3. The highest BCUT2D eigenvalue weighted by Gasteiger charge is 2.30. The summed E-state index contributed by atoms with van der Waals surface area (Å²) >= 11 is 0. The third-order valence-corrected chi connectivity index (χ3v) is 2.76. The van der Waals surface area contributed by atoms with E-state index >= 15 is 0 Å². The van der Waals surface area contributed by atoms with Gasteiger partial charge < -0.3 is 5.32 Å². The van der Waals surface area contributed by atoms with Crippen molar-refractivity contribution < 1.29 is 13.2 Å². The molecule has 0 radical (unpaired) electrons. The van der Waals surface area contributed by atoms with E-state index in [0.717, 1.165) is 12.1 Å². The third kappa shape index (κ3) is 3.08. The molecule has 3 nitrogen and oxygen atoms in total. The van der Waals surface area contributed by atoms with Crippen LogP contribution in [0, 0.1) is 0 Å². The van der Waals surface area contributed by atoms with Crippen LogP contribution in [0.3, 0.4) is 0 Å². The fourth-order valence-corrected chi connectivity index (χ4v) is 1.82. The minimum absolute atomic E-state index is 0.259. The lowest BCUT2D eigenvalue weighted by Crippen LogP contribution is -2.19. The quantitative estimate of drug-likeness (QED) is 0.929. The van der Waals surface area contributed by atoms with Gasteiger partial charge in [-0.25, -0.2) is 9.97 Å². The molecule has 1 heterocycles. The van der Waals surface area contributed by atoms with Gasteiger partial charge in [0.25, 0.3) is 0 Å². The molecule has 100 valence electrons. The summed E-state index contributed by atoms with van der Waals surface area (Å²) in [6.07, 6.45) is -1.32. The van der Waals surface area contributed by atoms with Gasteiger partial charge >= 0.3 is 6.18 Å². The van der Waals surface area contributed by atoms with Gasteiger partial charge in [0.05, 0.1) is 17.3 Å². The van der Waals surface area contributed by atoms with Crippen LogP contribution in [0.5, 0.6) is 0 Å². The summed E-state index contributed by atoms with van der Waals surface area (Å²) < 4.78 is 37.5. The predicted octanol–water partition coefficient (Wildman–Crippen LogP) is 2.80. The van der Waals surface area contributed by atoms with Gasteiger partial charge in [0.1, 0.15) is 6.33 Å². The number of benzene rings is 1. The van der Waals surface area contributed by atoms with E-state index in [1.807, 2.05) is 0 Å². The number of hydrogen-bond acceptors (Lipinski definition) is 3. The molecule has 0 bridgehead atoms. The van der Waals surface area contributed by atoms with Crippen molar-refractivity contribution in [2.24, 2.45) is 0 Å². The van der Waals surface area contributed by atoms with Crippen LogP contribution < -0.4 is 5.32 Å². The van der Waals surface area contributed by atoms with Crippen LogP contribution in [0.1, 0.15) is 22.9 Å². The maximum Gasteiger partial charge on any atom is 0.416 e. The standard InChI is InChI=1S/C13H12F3N3/c1-17-12(11-6-7-18-8-19-11)9-2-4-10(5-3-9)13(14,15)16/h2-8,12,17H,1H3. The summed E-state index contributed by atoms with van der Waals surface area (Å²) in [5.41, 5.74) is 0.764. The van der Waals surface area contributed by atoms with E-state index in [-0.39, 0.29) is 6.04 Å².